The molecule has 2 bridgehead atoms. The van der Waals surface area contributed by atoms with Gasteiger partial charge in [-0.15, -0.1) is 0 Å². The third-order valence-corrected chi connectivity index (χ3v) is 6.50. The van der Waals surface area contributed by atoms with E-state index in [1.165, 1.54) is 12.1 Å². The van der Waals surface area contributed by atoms with Gasteiger partial charge in [0.25, 0.3) is 5.91 Å². The Kier molecular flexibility index (Phi) is 5.04. The molecule has 3 aromatic rings. The van der Waals surface area contributed by atoms with Gasteiger partial charge < -0.3 is 14.8 Å². The molecule has 9 heteroatoms. The van der Waals surface area contributed by atoms with Gasteiger partial charge in [0.05, 0.1) is 16.7 Å². The third kappa shape index (κ3) is 4.02. The van der Waals surface area contributed by atoms with Crippen molar-refractivity contribution in [2.24, 2.45) is 5.41 Å². The van der Waals surface area contributed by atoms with Crippen LogP contribution in [0.2, 0.25) is 5.02 Å². The second kappa shape index (κ2) is 7.78. The molecule has 3 saturated carbocycles. The van der Waals surface area contributed by atoms with Gasteiger partial charge in [-0.3, -0.25) is 14.7 Å². The summed E-state index contributed by atoms with van der Waals surface area (Å²) in [6.07, 6.45) is 4.48. The second-order valence-electron chi connectivity index (χ2n) is 8.85. The van der Waals surface area contributed by atoms with E-state index in [-0.39, 0.29) is 46.6 Å². The smallest absolute Gasteiger partial charge is 0.258 e. The molecule has 3 aliphatic rings. The molecule has 1 aromatic heterocycles. The third-order valence-electron chi connectivity index (χ3n) is 6.19. The largest absolute Gasteiger partial charge is 0.486 e. The molecule has 6 rings (SSSR count). The number of rotatable bonds is 9. The summed E-state index contributed by atoms with van der Waals surface area (Å²) in [6, 6.07) is 9.56. The Labute approximate surface area is 188 Å². The number of carbonyl (C=O) groups is 2. The van der Waals surface area contributed by atoms with Crippen molar-refractivity contribution in [1.82, 2.24) is 15.5 Å². The van der Waals surface area contributed by atoms with E-state index < -0.39 is 5.82 Å². The summed E-state index contributed by atoms with van der Waals surface area (Å²) >= 11 is 5.63. The number of Topliss-reactive ketones (excluding diaryl/α,β-unsaturated/α-hetero) is 1. The Hall–Kier alpha value is -3.13. The van der Waals surface area contributed by atoms with Crippen molar-refractivity contribution in [1.29, 1.82) is 0 Å². The highest BCUT2D eigenvalue weighted by Crippen LogP contribution is 2.68. The number of nitrogens with zero attached hydrogens (tertiary/aromatic N) is 1. The number of halogens is 2. The first-order chi connectivity index (χ1) is 15.3. The molecule has 0 saturated heterocycles. The van der Waals surface area contributed by atoms with Crippen LogP contribution in [0.4, 0.5) is 4.39 Å². The van der Waals surface area contributed by atoms with Crippen LogP contribution in [0.1, 0.15) is 25.7 Å². The molecule has 166 valence electrons. The Morgan fingerprint density at radius 2 is 1.81 bits per heavy atom. The quantitative estimate of drug-likeness (QED) is 0.509. The Bertz CT molecular complexity index is 1190. The first-order valence-electron chi connectivity index (χ1n) is 10.3. The van der Waals surface area contributed by atoms with Crippen molar-refractivity contribution in [2.75, 3.05) is 13.2 Å². The summed E-state index contributed by atoms with van der Waals surface area (Å²) in [6.45, 7) is -0.185. The zero-order valence-electron chi connectivity index (χ0n) is 17.1. The van der Waals surface area contributed by atoms with Crippen LogP contribution in [-0.4, -0.2) is 40.6 Å². The van der Waals surface area contributed by atoms with Gasteiger partial charge in [-0.25, -0.2) is 4.39 Å². The van der Waals surface area contributed by atoms with Gasteiger partial charge >= 0.3 is 0 Å². The lowest BCUT2D eigenvalue weighted by Crippen LogP contribution is -2.75. The van der Waals surface area contributed by atoms with E-state index in [0.29, 0.717) is 12.2 Å². The van der Waals surface area contributed by atoms with Crippen LogP contribution < -0.4 is 14.8 Å². The van der Waals surface area contributed by atoms with E-state index in [9.17, 15) is 14.0 Å². The number of benzene rings is 2. The summed E-state index contributed by atoms with van der Waals surface area (Å²) in [5, 5.41) is 10.8. The van der Waals surface area contributed by atoms with Crippen LogP contribution in [0, 0.1) is 11.2 Å². The maximum atomic E-state index is 13.4. The van der Waals surface area contributed by atoms with E-state index in [0.717, 1.165) is 36.2 Å². The maximum absolute atomic E-state index is 13.4. The number of ketones is 1. The minimum absolute atomic E-state index is 0.000188. The maximum Gasteiger partial charge on any atom is 0.258 e. The lowest BCUT2D eigenvalue weighted by atomic mass is 9.38. The monoisotopic (exact) mass is 457 g/mol. The predicted molar refractivity (Wildman–Crippen MR) is 115 cm³/mol. The van der Waals surface area contributed by atoms with E-state index >= 15 is 0 Å². The minimum Gasteiger partial charge on any atom is -0.486 e. The molecule has 0 spiro atoms. The molecule has 0 atom stereocenters. The first-order valence-corrected chi connectivity index (χ1v) is 10.7. The van der Waals surface area contributed by atoms with Gasteiger partial charge in [0.2, 0.25) is 0 Å². The molecule has 0 radical (unpaired) electrons. The van der Waals surface area contributed by atoms with Crippen LogP contribution in [0.25, 0.3) is 10.9 Å². The normalized spacial score (nSPS) is 23.2. The number of hydrogen-bond donors (Lipinski definition) is 2. The number of amides is 1. The van der Waals surface area contributed by atoms with Crippen LogP contribution in [0.5, 0.6) is 11.5 Å². The van der Waals surface area contributed by atoms with Crippen molar-refractivity contribution >= 4 is 34.2 Å². The standard InChI is InChI=1S/C23H21ClFN3O4/c24-18-4-3-16(5-19(18)25)32-10-21(30)27-23-11-22(12-23,13-23)7-15(29)9-31-17-2-1-14-8-26-28-20(14)6-17/h1-6,8H,7,9-13H2,(H,26,28)(H,27,30). The average Bonchev–Trinajstić information content (AvgIpc) is 3.18. The molecule has 32 heavy (non-hydrogen) atoms. The molecular formula is C23H21ClFN3O4. The number of carbonyl (C=O) groups excluding carboxylic acids is 2. The fourth-order valence-electron chi connectivity index (χ4n) is 5.00. The topological polar surface area (TPSA) is 93.3 Å². The summed E-state index contributed by atoms with van der Waals surface area (Å²) in [4.78, 5) is 24.6. The van der Waals surface area contributed by atoms with Gasteiger partial charge in [0.15, 0.2) is 12.4 Å². The van der Waals surface area contributed by atoms with Gasteiger partial charge in [0, 0.05) is 29.5 Å². The summed E-state index contributed by atoms with van der Waals surface area (Å²) in [5.74, 6) is 0.0479. The number of ether oxygens (including phenoxy) is 2. The highest BCUT2D eigenvalue weighted by atomic mass is 35.5. The van der Waals surface area contributed by atoms with E-state index in [1.54, 1.807) is 6.20 Å². The van der Waals surface area contributed by atoms with Gasteiger partial charge in [-0.05, 0) is 48.9 Å². The van der Waals surface area contributed by atoms with Gasteiger partial charge in [-0.2, -0.15) is 5.10 Å². The van der Waals surface area contributed by atoms with Crippen molar-refractivity contribution in [3.05, 3.63) is 53.4 Å². The van der Waals surface area contributed by atoms with E-state index in [1.807, 2.05) is 18.2 Å². The number of H-pyrrole nitrogens is 1. The zero-order valence-corrected chi connectivity index (χ0v) is 17.9. The summed E-state index contributed by atoms with van der Waals surface area (Å²) in [7, 11) is 0. The number of hydrogen-bond acceptors (Lipinski definition) is 5. The second-order valence-corrected chi connectivity index (χ2v) is 9.25. The predicted octanol–water partition coefficient (Wildman–Crippen LogP) is 3.81. The molecule has 0 unspecified atom stereocenters. The Morgan fingerprint density at radius 1 is 1.09 bits per heavy atom. The van der Waals surface area contributed by atoms with Crippen molar-refractivity contribution in [2.45, 2.75) is 31.2 Å². The molecule has 3 aliphatic carbocycles. The minimum atomic E-state index is -0.596. The fourth-order valence-corrected chi connectivity index (χ4v) is 5.12. The van der Waals surface area contributed by atoms with Crippen molar-refractivity contribution < 1.29 is 23.5 Å². The molecule has 1 heterocycles. The van der Waals surface area contributed by atoms with Crippen LogP contribution in [-0.2, 0) is 9.59 Å². The number of fused-ring (bicyclic) bond motifs is 1. The van der Waals surface area contributed by atoms with Crippen LogP contribution in [0.15, 0.2) is 42.6 Å². The Balaban J connectivity index is 1.04. The molecule has 0 aliphatic heterocycles. The lowest BCUT2D eigenvalue weighted by Gasteiger charge is -2.70. The van der Waals surface area contributed by atoms with E-state index in [4.69, 9.17) is 21.1 Å². The molecule has 7 nitrogen and oxygen atoms in total. The van der Waals surface area contributed by atoms with Crippen molar-refractivity contribution in [3.8, 4) is 11.5 Å². The molecular weight excluding hydrogens is 437 g/mol. The first kappa shape index (κ1) is 20.8. The zero-order chi connectivity index (χ0) is 22.3. The number of aromatic nitrogens is 2. The average molecular weight is 458 g/mol. The van der Waals surface area contributed by atoms with Crippen LogP contribution >= 0.6 is 11.6 Å². The van der Waals surface area contributed by atoms with Crippen LogP contribution in [0.3, 0.4) is 0 Å². The summed E-state index contributed by atoms with van der Waals surface area (Å²) in [5.41, 5.74) is 0.567. The highest BCUT2D eigenvalue weighted by Gasteiger charge is 2.68. The molecule has 2 N–H and O–H groups in total. The number of aromatic amines is 1. The molecule has 2 aromatic carbocycles. The molecule has 3 fully saturated rings. The SMILES string of the molecule is O=C(COc1ccc2cn[nH]c2c1)CC12CC(NC(=O)COc3ccc(Cl)c(F)c3)(C1)C2. The van der Waals surface area contributed by atoms with Gasteiger partial charge in [-0.1, -0.05) is 11.6 Å². The molecule has 1 amide bonds. The highest BCUT2D eigenvalue weighted by molar-refractivity contribution is 6.30. The Morgan fingerprint density at radius 3 is 2.59 bits per heavy atom. The number of nitrogens with one attached hydrogen (secondary N) is 2. The fraction of sp³-hybridized carbons (Fsp3) is 0.348. The van der Waals surface area contributed by atoms with E-state index in [2.05, 4.69) is 15.5 Å². The van der Waals surface area contributed by atoms with Gasteiger partial charge in [0.1, 0.15) is 23.9 Å². The summed E-state index contributed by atoms with van der Waals surface area (Å²) < 4.78 is 24.4. The van der Waals surface area contributed by atoms with Crippen molar-refractivity contribution in [3.63, 3.8) is 0 Å². The lowest BCUT2D eigenvalue weighted by molar-refractivity contribution is -0.173.